The number of aromatic carboxylic acids is 2. The zero-order chi connectivity index (χ0) is 22.1. The molecule has 3 aromatic rings. The molecule has 0 unspecified atom stereocenters. The number of carboxylic acid groups (broad SMARTS) is 2. The Bertz CT molecular complexity index is 1090. The van der Waals surface area contributed by atoms with Crippen molar-refractivity contribution in [1.29, 1.82) is 0 Å². The molecule has 0 fully saturated rings. The first-order valence-corrected chi connectivity index (χ1v) is 9.60. The highest BCUT2D eigenvalue weighted by Crippen LogP contribution is 2.27. The van der Waals surface area contributed by atoms with Gasteiger partial charge in [0.25, 0.3) is 0 Å². The van der Waals surface area contributed by atoms with Gasteiger partial charge in [-0.2, -0.15) is 0 Å². The van der Waals surface area contributed by atoms with Gasteiger partial charge >= 0.3 is 11.9 Å². The number of hydrogen-bond donors (Lipinski definition) is 3. The first-order valence-electron chi connectivity index (χ1n) is 9.60. The molecule has 0 radical (unpaired) electrons. The smallest absolute Gasteiger partial charge is 0.354 e. The molecule has 0 aliphatic rings. The van der Waals surface area contributed by atoms with Crippen molar-refractivity contribution in [2.45, 2.75) is 39.3 Å². The Labute approximate surface area is 174 Å². The molecule has 0 atom stereocenters. The van der Waals surface area contributed by atoms with E-state index in [0.29, 0.717) is 17.8 Å². The molecule has 2 aromatic carbocycles. The molecule has 1 heterocycles. The van der Waals surface area contributed by atoms with Crippen molar-refractivity contribution < 1.29 is 24.9 Å². The van der Waals surface area contributed by atoms with Gasteiger partial charge in [0.2, 0.25) is 0 Å². The molecule has 1 aromatic heterocycles. The lowest BCUT2D eigenvalue weighted by Gasteiger charge is -2.16. The average Bonchev–Trinajstić information content (AvgIpc) is 3.07. The summed E-state index contributed by atoms with van der Waals surface area (Å²) < 4.78 is 1.61. The Morgan fingerprint density at radius 3 is 2.17 bits per heavy atom. The Kier molecular flexibility index (Phi) is 5.75. The maximum atomic E-state index is 11.9. The molecule has 0 bridgehead atoms. The molecule has 7 nitrogen and oxygen atoms in total. The lowest BCUT2D eigenvalue weighted by Crippen LogP contribution is -2.22. The van der Waals surface area contributed by atoms with Gasteiger partial charge < -0.3 is 19.9 Å². The van der Waals surface area contributed by atoms with Crippen molar-refractivity contribution in [2.75, 3.05) is 0 Å². The van der Waals surface area contributed by atoms with Crippen LogP contribution in [0.25, 0.3) is 11.1 Å². The van der Waals surface area contributed by atoms with Crippen LogP contribution in [-0.2, 0) is 18.6 Å². The van der Waals surface area contributed by atoms with Crippen molar-refractivity contribution in [3.63, 3.8) is 0 Å². The van der Waals surface area contributed by atoms with Crippen LogP contribution in [0, 0.1) is 0 Å². The van der Waals surface area contributed by atoms with Gasteiger partial charge in [0.15, 0.2) is 5.69 Å². The van der Waals surface area contributed by atoms with Gasteiger partial charge in [-0.05, 0) is 36.6 Å². The molecule has 0 amide bonds. The number of aliphatic hydroxyl groups is 1. The van der Waals surface area contributed by atoms with E-state index in [2.05, 4.69) is 4.98 Å². The highest BCUT2D eigenvalue weighted by atomic mass is 16.4. The van der Waals surface area contributed by atoms with Crippen molar-refractivity contribution in [2.24, 2.45) is 0 Å². The van der Waals surface area contributed by atoms with E-state index in [4.69, 9.17) is 0 Å². The number of benzene rings is 2. The van der Waals surface area contributed by atoms with Gasteiger partial charge in [-0.3, -0.25) is 0 Å². The molecular formula is C23H24N2O5. The number of hydrogen-bond acceptors (Lipinski definition) is 4. The third-order valence-electron chi connectivity index (χ3n) is 4.91. The molecule has 0 spiro atoms. The monoisotopic (exact) mass is 408 g/mol. The lowest BCUT2D eigenvalue weighted by atomic mass is 9.98. The van der Waals surface area contributed by atoms with E-state index in [-0.39, 0.29) is 23.5 Å². The van der Waals surface area contributed by atoms with E-state index in [1.807, 2.05) is 31.2 Å². The molecule has 30 heavy (non-hydrogen) atoms. The maximum Gasteiger partial charge on any atom is 0.354 e. The summed E-state index contributed by atoms with van der Waals surface area (Å²) in [6.45, 7) is 5.18. The summed E-state index contributed by atoms with van der Waals surface area (Å²) in [6, 6.07) is 14.1. The summed E-state index contributed by atoms with van der Waals surface area (Å²) in [4.78, 5) is 27.8. The van der Waals surface area contributed by atoms with Crippen LogP contribution in [0.1, 0.15) is 58.7 Å². The highest BCUT2D eigenvalue weighted by molar-refractivity contribution is 5.96. The van der Waals surface area contributed by atoms with Crippen molar-refractivity contribution >= 4 is 11.9 Å². The molecule has 3 N–H and O–H groups in total. The summed E-state index contributed by atoms with van der Waals surface area (Å²) in [5.41, 5.74) is 1.16. The molecule has 0 aliphatic carbocycles. The van der Waals surface area contributed by atoms with Crippen LogP contribution in [0.5, 0.6) is 0 Å². The van der Waals surface area contributed by atoms with E-state index >= 15 is 0 Å². The van der Waals surface area contributed by atoms with E-state index < -0.39 is 17.5 Å². The largest absolute Gasteiger partial charge is 0.478 e. The Hall–Kier alpha value is -3.45. The van der Waals surface area contributed by atoms with Gasteiger partial charge in [-0.15, -0.1) is 0 Å². The molecule has 7 heteroatoms. The minimum atomic E-state index is -1.38. The number of carboxylic acids is 2. The molecule has 0 saturated heterocycles. The molecule has 0 saturated carbocycles. The summed E-state index contributed by atoms with van der Waals surface area (Å²) in [5.74, 6) is -1.57. The van der Waals surface area contributed by atoms with Crippen LogP contribution >= 0.6 is 0 Å². The summed E-state index contributed by atoms with van der Waals surface area (Å²) >= 11 is 0. The van der Waals surface area contributed by atoms with E-state index in [1.54, 1.807) is 28.8 Å². The van der Waals surface area contributed by atoms with Crippen molar-refractivity contribution in [3.05, 3.63) is 76.9 Å². The second-order valence-electron chi connectivity index (χ2n) is 7.58. The van der Waals surface area contributed by atoms with Crippen LogP contribution in [-0.4, -0.2) is 36.8 Å². The van der Waals surface area contributed by atoms with Gasteiger partial charge in [-0.25, -0.2) is 14.6 Å². The third kappa shape index (κ3) is 4.11. The minimum Gasteiger partial charge on any atom is -0.478 e. The van der Waals surface area contributed by atoms with Crippen LogP contribution in [0.15, 0.2) is 48.5 Å². The molecule has 3 rings (SSSR count). The third-order valence-corrected chi connectivity index (χ3v) is 4.91. The molecule has 0 aliphatic heterocycles. The predicted molar refractivity (Wildman–Crippen MR) is 112 cm³/mol. The van der Waals surface area contributed by atoms with Crippen LogP contribution in [0.4, 0.5) is 0 Å². The summed E-state index contributed by atoms with van der Waals surface area (Å²) in [5, 5.41) is 29.5. The summed E-state index contributed by atoms with van der Waals surface area (Å²) in [6.07, 6.45) is 0.514. The zero-order valence-corrected chi connectivity index (χ0v) is 17.1. The molecular weight excluding hydrogens is 384 g/mol. The van der Waals surface area contributed by atoms with Crippen LogP contribution < -0.4 is 0 Å². The van der Waals surface area contributed by atoms with Gasteiger partial charge in [0, 0.05) is 13.0 Å². The number of rotatable bonds is 7. The topological polar surface area (TPSA) is 113 Å². The molecule has 156 valence electrons. The van der Waals surface area contributed by atoms with Crippen molar-refractivity contribution in [1.82, 2.24) is 9.55 Å². The summed E-state index contributed by atoms with van der Waals surface area (Å²) in [7, 11) is 0. The van der Waals surface area contributed by atoms with Gasteiger partial charge in [0.1, 0.15) is 17.1 Å². The zero-order valence-electron chi connectivity index (χ0n) is 17.1. The fraction of sp³-hybridized carbons (Fsp3) is 0.261. The Morgan fingerprint density at radius 2 is 1.63 bits per heavy atom. The van der Waals surface area contributed by atoms with Crippen LogP contribution in [0.3, 0.4) is 0 Å². The van der Waals surface area contributed by atoms with Gasteiger partial charge in [-0.1, -0.05) is 49.4 Å². The second-order valence-corrected chi connectivity index (χ2v) is 7.58. The van der Waals surface area contributed by atoms with E-state index in [0.717, 1.165) is 11.1 Å². The number of aryl methyl sites for hydroxylation is 1. The second kappa shape index (κ2) is 8.12. The highest BCUT2D eigenvalue weighted by Gasteiger charge is 2.31. The first-order chi connectivity index (χ1) is 14.1. The van der Waals surface area contributed by atoms with Gasteiger partial charge in [0.05, 0.1) is 5.56 Å². The first kappa shape index (κ1) is 21.3. The number of imidazole rings is 1. The Morgan fingerprint density at radius 1 is 1.00 bits per heavy atom. The lowest BCUT2D eigenvalue weighted by molar-refractivity contribution is 0.0602. The minimum absolute atomic E-state index is 0.0281. The fourth-order valence-electron chi connectivity index (χ4n) is 3.48. The maximum absolute atomic E-state index is 11.9. The number of carbonyl (C=O) groups is 2. The van der Waals surface area contributed by atoms with Crippen LogP contribution in [0.2, 0.25) is 0 Å². The average molecular weight is 408 g/mol. The predicted octanol–water partition coefficient (Wildman–Crippen LogP) is 3.78. The standard InChI is InChI=1S/C23H24N2O5/c1-4-18-24-20(23(2,3)30)19(22(28)29)25(18)13-14-9-11-15(12-10-14)16-7-5-6-8-17(16)21(26)27/h5-12,30H,4,13H2,1-3H3,(H,26,27)(H,28,29). The van der Waals surface area contributed by atoms with E-state index in [9.17, 15) is 24.9 Å². The van der Waals surface area contributed by atoms with E-state index in [1.165, 1.54) is 13.8 Å². The Balaban J connectivity index is 2.00. The number of nitrogens with zero attached hydrogens (tertiary/aromatic N) is 2. The van der Waals surface area contributed by atoms with Crippen molar-refractivity contribution in [3.8, 4) is 11.1 Å². The SMILES string of the molecule is CCc1nc(C(C)(C)O)c(C(=O)O)n1Cc1ccc(-c2ccccc2C(=O)O)cc1. The quantitative estimate of drug-likeness (QED) is 0.548. The number of aromatic nitrogens is 2. The fourth-order valence-corrected chi connectivity index (χ4v) is 3.48. The normalized spacial score (nSPS) is 11.5.